The molecule has 1 aromatic rings. The van der Waals surface area contributed by atoms with Crippen molar-refractivity contribution in [2.24, 2.45) is 0 Å². The lowest BCUT2D eigenvalue weighted by molar-refractivity contribution is -0.119. The standard InChI is InChI=1S/C13H15BrClNO/c1-2-13(6-5-12(17)16-13)8-9-3-4-11(15)10(14)7-9/h3-4,7H,2,5-6,8H2,1H3,(H,16,17). The van der Waals surface area contributed by atoms with Crippen molar-refractivity contribution in [2.75, 3.05) is 0 Å². The minimum absolute atomic E-state index is 0.0651. The summed E-state index contributed by atoms with van der Waals surface area (Å²) in [5.41, 5.74) is 1.13. The van der Waals surface area contributed by atoms with Crippen LogP contribution in [0, 0.1) is 0 Å². The van der Waals surface area contributed by atoms with Crippen molar-refractivity contribution in [1.29, 1.82) is 0 Å². The van der Waals surface area contributed by atoms with Crippen molar-refractivity contribution in [3.05, 3.63) is 33.3 Å². The third-order valence-electron chi connectivity index (χ3n) is 3.44. The van der Waals surface area contributed by atoms with Crippen LogP contribution < -0.4 is 5.32 Å². The van der Waals surface area contributed by atoms with E-state index in [1.165, 1.54) is 5.56 Å². The maximum absolute atomic E-state index is 11.4. The van der Waals surface area contributed by atoms with E-state index in [9.17, 15) is 4.79 Å². The van der Waals surface area contributed by atoms with Gasteiger partial charge in [0.05, 0.1) is 5.02 Å². The van der Waals surface area contributed by atoms with Gasteiger partial charge in [0.1, 0.15) is 0 Å². The molecule has 92 valence electrons. The molecule has 1 aliphatic heterocycles. The first kappa shape index (κ1) is 12.9. The summed E-state index contributed by atoms with van der Waals surface area (Å²) in [4.78, 5) is 11.4. The average Bonchev–Trinajstić information content (AvgIpc) is 2.66. The highest BCUT2D eigenvalue weighted by molar-refractivity contribution is 9.10. The van der Waals surface area contributed by atoms with Crippen LogP contribution in [-0.2, 0) is 11.2 Å². The molecule has 0 radical (unpaired) electrons. The molecular weight excluding hydrogens is 302 g/mol. The summed E-state index contributed by atoms with van der Waals surface area (Å²) in [7, 11) is 0. The molecule has 0 bridgehead atoms. The molecule has 0 saturated carbocycles. The Labute approximate surface area is 115 Å². The minimum atomic E-state index is -0.0651. The SMILES string of the molecule is CCC1(Cc2ccc(Cl)c(Br)c2)CCC(=O)N1. The van der Waals surface area contributed by atoms with E-state index in [0.717, 1.165) is 28.8 Å². The van der Waals surface area contributed by atoms with Gasteiger partial charge < -0.3 is 5.32 Å². The molecule has 1 saturated heterocycles. The number of hydrogen-bond acceptors (Lipinski definition) is 1. The molecule has 1 aliphatic rings. The first-order valence-corrected chi connectivity index (χ1v) is 6.97. The summed E-state index contributed by atoms with van der Waals surface area (Å²) in [6, 6.07) is 5.94. The van der Waals surface area contributed by atoms with Gasteiger partial charge in [-0.05, 0) is 52.9 Å². The Morgan fingerprint density at radius 1 is 1.53 bits per heavy atom. The van der Waals surface area contributed by atoms with Crippen LogP contribution in [0.5, 0.6) is 0 Å². The van der Waals surface area contributed by atoms with Crippen molar-refractivity contribution >= 4 is 33.4 Å². The van der Waals surface area contributed by atoms with E-state index in [4.69, 9.17) is 11.6 Å². The van der Waals surface area contributed by atoms with E-state index in [1.54, 1.807) is 0 Å². The van der Waals surface area contributed by atoms with Crippen molar-refractivity contribution in [1.82, 2.24) is 5.32 Å². The van der Waals surface area contributed by atoms with Gasteiger partial charge in [-0.15, -0.1) is 0 Å². The molecule has 0 aromatic heterocycles. The molecular formula is C13H15BrClNO. The topological polar surface area (TPSA) is 29.1 Å². The molecule has 17 heavy (non-hydrogen) atoms. The molecule has 1 fully saturated rings. The van der Waals surface area contributed by atoms with Gasteiger partial charge >= 0.3 is 0 Å². The monoisotopic (exact) mass is 315 g/mol. The van der Waals surface area contributed by atoms with Gasteiger partial charge in [0.25, 0.3) is 0 Å². The highest BCUT2D eigenvalue weighted by Gasteiger charge is 2.35. The molecule has 1 N–H and O–H groups in total. The van der Waals surface area contributed by atoms with Crippen molar-refractivity contribution in [2.45, 2.75) is 38.1 Å². The number of rotatable bonds is 3. The van der Waals surface area contributed by atoms with Gasteiger partial charge in [0.15, 0.2) is 0 Å². The maximum atomic E-state index is 11.4. The first-order chi connectivity index (χ1) is 8.04. The molecule has 0 aliphatic carbocycles. The number of halogens is 2. The van der Waals surface area contributed by atoms with E-state index in [-0.39, 0.29) is 11.4 Å². The van der Waals surface area contributed by atoms with Crippen LogP contribution in [0.2, 0.25) is 5.02 Å². The Kier molecular flexibility index (Phi) is 3.79. The first-order valence-electron chi connectivity index (χ1n) is 5.79. The fourth-order valence-corrected chi connectivity index (χ4v) is 2.88. The quantitative estimate of drug-likeness (QED) is 0.905. The fourth-order valence-electron chi connectivity index (χ4n) is 2.34. The Hall–Kier alpha value is -0.540. The summed E-state index contributed by atoms with van der Waals surface area (Å²) in [6.45, 7) is 2.12. The van der Waals surface area contributed by atoms with Gasteiger partial charge in [-0.1, -0.05) is 24.6 Å². The van der Waals surface area contributed by atoms with Gasteiger partial charge in [-0.2, -0.15) is 0 Å². The van der Waals surface area contributed by atoms with Crippen molar-refractivity contribution < 1.29 is 4.79 Å². The normalized spacial score (nSPS) is 23.8. The summed E-state index contributed by atoms with van der Waals surface area (Å²) < 4.78 is 0.909. The predicted molar refractivity (Wildman–Crippen MR) is 73.3 cm³/mol. The number of nitrogens with one attached hydrogen (secondary N) is 1. The van der Waals surface area contributed by atoms with Crippen LogP contribution in [0.4, 0.5) is 0 Å². The molecule has 1 aromatic carbocycles. The Bertz CT molecular complexity index is 449. The van der Waals surface area contributed by atoms with E-state index in [2.05, 4.69) is 28.2 Å². The smallest absolute Gasteiger partial charge is 0.220 e. The molecule has 1 amide bonds. The number of hydrogen-bond donors (Lipinski definition) is 1. The second-order valence-corrected chi connectivity index (χ2v) is 5.87. The van der Waals surface area contributed by atoms with Crippen LogP contribution in [-0.4, -0.2) is 11.4 Å². The largest absolute Gasteiger partial charge is 0.350 e. The Morgan fingerprint density at radius 3 is 2.82 bits per heavy atom. The number of benzene rings is 1. The average molecular weight is 317 g/mol. The molecule has 4 heteroatoms. The van der Waals surface area contributed by atoms with Gasteiger partial charge in [-0.25, -0.2) is 0 Å². The minimum Gasteiger partial charge on any atom is -0.350 e. The molecule has 2 nitrogen and oxygen atoms in total. The van der Waals surface area contributed by atoms with Crippen molar-refractivity contribution in [3.63, 3.8) is 0 Å². The Morgan fingerprint density at radius 2 is 2.29 bits per heavy atom. The zero-order chi connectivity index (χ0) is 12.5. The summed E-state index contributed by atoms with van der Waals surface area (Å²) in [6.07, 6.45) is 3.38. The number of carbonyl (C=O) groups excluding carboxylic acids is 1. The predicted octanol–water partition coefficient (Wildman–Crippen LogP) is 3.70. The van der Waals surface area contributed by atoms with Crippen LogP contribution in [0.1, 0.15) is 31.7 Å². The maximum Gasteiger partial charge on any atom is 0.220 e. The molecule has 1 heterocycles. The zero-order valence-corrected chi connectivity index (χ0v) is 12.1. The second-order valence-electron chi connectivity index (χ2n) is 4.61. The molecule has 2 rings (SSSR count). The van der Waals surface area contributed by atoms with E-state index < -0.39 is 0 Å². The van der Waals surface area contributed by atoms with Crippen LogP contribution in [0.3, 0.4) is 0 Å². The number of amides is 1. The van der Waals surface area contributed by atoms with Crippen molar-refractivity contribution in [3.8, 4) is 0 Å². The van der Waals surface area contributed by atoms with E-state index >= 15 is 0 Å². The molecule has 1 unspecified atom stereocenters. The van der Waals surface area contributed by atoms with E-state index in [0.29, 0.717) is 6.42 Å². The van der Waals surface area contributed by atoms with Crippen LogP contribution >= 0.6 is 27.5 Å². The van der Waals surface area contributed by atoms with Crippen LogP contribution in [0.25, 0.3) is 0 Å². The highest BCUT2D eigenvalue weighted by Crippen LogP contribution is 2.30. The third kappa shape index (κ3) is 2.83. The summed E-state index contributed by atoms with van der Waals surface area (Å²) in [5.74, 6) is 0.167. The van der Waals surface area contributed by atoms with Gasteiger partial charge in [0, 0.05) is 16.4 Å². The third-order valence-corrected chi connectivity index (χ3v) is 4.65. The Balaban J connectivity index is 2.18. The lowest BCUT2D eigenvalue weighted by Gasteiger charge is -2.28. The molecule has 1 atom stereocenters. The highest BCUT2D eigenvalue weighted by atomic mass is 79.9. The number of carbonyl (C=O) groups is 1. The summed E-state index contributed by atoms with van der Waals surface area (Å²) in [5, 5.41) is 3.83. The van der Waals surface area contributed by atoms with Gasteiger partial charge in [-0.3, -0.25) is 4.79 Å². The lowest BCUT2D eigenvalue weighted by atomic mass is 9.87. The van der Waals surface area contributed by atoms with Gasteiger partial charge in [0.2, 0.25) is 5.91 Å². The zero-order valence-electron chi connectivity index (χ0n) is 9.72. The lowest BCUT2D eigenvalue weighted by Crippen LogP contribution is -2.42. The molecule has 0 spiro atoms. The second kappa shape index (κ2) is 4.99. The fraction of sp³-hybridized carbons (Fsp3) is 0.462. The van der Waals surface area contributed by atoms with Crippen LogP contribution in [0.15, 0.2) is 22.7 Å². The van der Waals surface area contributed by atoms with E-state index in [1.807, 2.05) is 18.2 Å². The summed E-state index contributed by atoms with van der Waals surface area (Å²) >= 11 is 9.40.